The normalized spacial score (nSPS) is 44.7. The Morgan fingerprint density at radius 1 is 1.17 bits per heavy atom. The van der Waals surface area contributed by atoms with E-state index in [-0.39, 0.29) is 0 Å². The molecule has 6 atom stereocenters. The van der Waals surface area contributed by atoms with Crippen molar-refractivity contribution in [3.8, 4) is 0 Å². The second-order valence-corrected chi connectivity index (χ2v) is 4.91. The number of ether oxygens (including phenoxy) is 1. The molecule has 6 heteroatoms. The summed E-state index contributed by atoms with van der Waals surface area (Å²) < 4.78 is 4.58. The maximum Gasteiger partial charge on any atom is 0.318 e. The highest BCUT2D eigenvalue weighted by atomic mass is 16.6. The molecule has 1 N–H and O–H groups in total. The number of carbonyl (C=O) groups excluding carboxylic acids is 3. The van der Waals surface area contributed by atoms with Crippen LogP contribution in [0.25, 0.3) is 0 Å². The molecule has 0 aromatic heterocycles. The van der Waals surface area contributed by atoms with Gasteiger partial charge in [-0.25, -0.2) is 0 Å². The van der Waals surface area contributed by atoms with Crippen molar-refractivity contribution in [3.05, 3.63) is 12.2 Å². The van der Waals surface area contributed by atoms with E-state index in [1.165, 1.54) is 0 Å². The van der Waals surface area contributed by atoms with E-state index in [0.29, 0.717) is 6.29 Å². The maximum atomic E-state index is 11.6. The minimum absolute atomic E-state index is 0.544. The van der Waals surface area contributed by atoms with E-state index < -0.39 is 53.4 Å². The molecule has 0 amide bonds. The van der Waals surface area contributed by atoms with E-state index >= 15 is 0 Å². The van der Waals surface area contributed by atoms with Gasteiger partial charge in [0.2, 0.25) is 0 Å². The third-order valence-corrected chi connectivity index (χ3v) is 4.23. The quantitative estimate of drug-likeness (QED) is 0.311. The van der Waals surface area contributed by atoms with Gasteiger partial charge in [-0.1, -0.05) is 12.2 Å². The summed E-state index contributed by atoms with van der Waals surface area (Å²) in [4.78, 5) is 45.6. The second-order valence-electron chi connectivity index (χ2n) is 4.91. The first-order chi connectivity index (χ1) is 8.56. The van der Waals surface area contributed by atoms with Crippen LogP contribution in [0, 0.1) is 35.5 Å². The maximum absolute atomic E-state index is 11.6. The molecule has 3 aliphatic carbocycles. The van der Waals surface area contributed by atoms with E-state index in [1.54, 1.807) is 12.2 Å². The van der Waals surface area contributed by atoms with E-state index in [4.69, 9.17) is 0 Å². The van der Waals surface area contributed by atoms with Crippen LogP contribution in [0.1, 0.15) is 0 Å². The molecule has 0 radical (unpaired) electrons. The van der Waals surface area contributed by atoms with Gasteiger partial charge in [0.05, 0.1) is 17.8 Å². The van der Waals surface area contributed by atoms with Gasteiger partial charge in [-0.3, -0.25) is 14.4 Å². The summed E-state index contributed by atoms with van der Waals surface area (Å²) >= 11 is 0. The molecule has 0 aromatic carbocycles. The Bertz CT molecular complexity index is 491. The lowest BCUT2D eigenvalue weighted by Gasteiger charge is -2.45. The standard InChI is InChI=1S/C12H10O6/c13-3-6-4-1-2-5(7(6)10(14)15)9-8(4)11(16)18-12(9)17/h1-9H,(H,14,15). The molecule has 2 bridgehead atoms. The average Bonchev–Trinajstić information content (AvgIpc) is 2.66. The first-order valence-electron chi connectivity index (χ1n) is 5.68. The molecular weight excluding hydrogens is 240 g/mol. The number of aldehydes is 1. The van der Waals surface area contributed by atoms with Gasteiger partial charge >= 0.3 is 17.9 Å². The van der Waals surface area contributed by atoms with Crippen LogP contribution in [0.5, 0.6) is 0 Å². The number of esters is 2. The van der Waals surface area contributed by atoms with E-state index in [0.717, 1.165) is 0 Å². The number of hydrogen-bond donors (Lipinski definition) is 1. The lowest BCUT2D eigenvalue weighted by molar-refractivity contribution is -0.155. The summed E-state index contributed by atoms with van der Waals surface area (Å²) in [7, 11) is 0. The minimum atomic E-state index is -1.11. The van der Waals surface area contributed by atoms with Crippen molar-refractivity contribution in [3.63, 3.8) is 0 Å². The molecule has 94 valence electrons. The SMILES string of the molecule is O=CC1C2C=CC(C1C(=O)O)C1C(=O)OC(=O)C21. The molecule has 6 nitrogen and oxygen atoms in total. The van der Waals surface area contributed by atoms with Crippen molar-refractivity contribution in [2.45, 2.75) is 0 Å². The van der Waals surface area contributed by atoms with E-state index in [2.05, 4.69) is 4.74 Å². The number of aliphatic carboxylic acids is 1. The predicted molar refractivity (Wildman–Crippen MR) is 54.9 cm³/mol. The summed E-state index contributed by atoms with van der Waals surface area (Å²) in [5.41, 5.74) is 0. The first kappa shape index (κ1) is 11.1. The Morgan fingerprint density at radius 2 is 1.72 bits per heavy atom. The zero-order valence-corrected chi connectivity index (χ0v) is 9.18. The van der Waals surface area contributed by atoms with E-state index in [1.807, 2.05) is 0 Å². The molecule has 1 saturated heterocycles. The predicted octanol–water partition coefficient (Wildman–Crippen LogP) is -0.366. The summed E-state index contributed by atoms with van der Waals surface area (Å²) in [5, 5.41) is 9.20. The fraction of sp³-hybridized carbons (Fsp3) is 0.500. The Hall–Kier alpha value is -1.98. The fourth-order valence-corrected chi connectivity index (χ4v) is 3.53. The number of carboxylic acids is 1. The molecule has 1 aliphatic heterocycles. The van der Waals surface area contributed by atoms with Crippen molar-refractivity contribution < 1.29 is 29.0 Å². The summed E-state index contributed by atoms with van der Waals surface area (Å²) in [5.74, 6) is -6.75. The number of carbonyl (C=O) groups is 4. The van der Waals surface area contributed by atoms with Gasteiger partial charge in [-0.2, -0.15) is 0 Å². The summed E-state index contributed by atoms with van der Waals surface area (Å²) in [6.45, 7) is 0. The molecule has 2 fully saturated rings. The van der Waals surface area contributed by atoms with Gasteiger partial charge in [-0.05, 0) is 0 Å². The van der Waals surface area contributed by atoms with E-state index in [9.17, 15) is 24.3 Å². The van der Waals surface area contributed by atoms with Gasteiger partial charge < -0.3 is 14.6 Å². The van der Waals surface area contributed by atoms with Crippen LogP contribution < -0.4 is 0 Å². The lowest BCUT2D eigenvalue weighted by Crippen LogP contribution is -2.52. The van der Waals surface area contributed by atoms with Crippen LogP contribution >= 0.6 is 0 Å². The van der Waals surface area contributed by atoms with Crippen molar-refractivity contribution in [2.24, 2.45) is 35.5 Å². The molecule has 4 aliphatic rings. The highest BCUT2D eigenvalue weighted by Gasteiger charge is 2.63. The Morgan fingerprint density at radius 3 is 2.28 bits per heavy atom. The second kappa shape index (κ2) is 3.51. The van der Waals surface area contributed by atoms with Crippen LogP contribution in [-0.2, 0) is 23.9 Å². The Kier molecular flexibility index (Phi) is 2.17. The Labute approximate surface area is 102 Å². The van der Waals surface area contributed by atoms with Gasteiger partial charge in [-0.15, -0.1) is 0 Å². The zero-order valence-electron chi connectivity index (χ0n) is 9.18. The third-order valence-electron chi connectivity index (χ3n) is 4.23. The van der Waals surface area contributed by atoms with Crippen LogP contribution in [-0.4, -0.2) is 29.3 Å². The first-order valence-corrected chi connectivity index (χ1v) is 5.68. The van der Waals surface area contributed by atoms with Crippen molar-refractivity contribution in [1.82, 2.24) is 0 Å². The molecule has 1 saturated carbocycles. The van der Waals surface area contributed by atoms with Gasteiger partial charge in [0.1, 0.15) is 6.29 Å². The highest BCUT2D eigenvalue weighted by molar-refractivity contribution is 5.99. The largest absolute Gasteiger partial charge is 0.481 e. The van der Waals surface area contributed by atoms with Gasteiger partial charge in [0.25, 0.3) is 0 Å². The van der Waals surface area contributed by atoms with Crippen LogP contribution in [0.4, 0.5) is 0 Å². The number of fused-ring (bicyclic) bond motifs is 1. The smallest absolute Gasteiger partial charge is 0.318 e. The molecule has 1 heterocycles. The number of rotatable bonds is 2. The summed E-state index contributed by atoms with van der Waals surface area (Å²) in [6, 6.07) is 0. The number of hydrogen-bond acceptors (Lipinski definition) is 5. The van der Waals surface area contributed by atoms with Crippen molar-refractivity contribution in [1.29, 1.82) is 0 Å². The molecular formula is C12H10O6. The number of cyclic esters (lactones) is 2. The molecule has 0 spiro atoms. The molecule has 0 aromatic rings. The lowest BCUT2D eigenvalue weighted by atomic mass is 9.54. The Balaban J connectivity index is 2.10. The fourth-order valence-electron chi connectivity index (χ4n) is 3.53. The number of carboxylic acid groups (broad SMARTS) is 1. The molecule has 6 unspecified atom stereocenters. The average molecular weight is 250 g/mol. The topological polar surface area (TPSA) is 97.7 Å². The van der Waals surface area contributed by atoms with Crippen LogP contribution in [0.3, 0.4) is 0 Å². The zero-order chi connectivity index (χ0) is 13.0. The number of allylic oxidation sites excluding steroid dienone is 2. The van der Waals surface area contributed by atoms with Crippen LogP contribution in [0.2, 0.25) is 0 Å². The van der Waals surface area contributed by atoms with Crippen LogP contribution in [0.15, 0.2) is 12.2 Å². The molecule has 18 heavy (non-hydrogen) atoms. The molecule has 4 rings (SSSR count). The monoisotopic (exact) mass is 250 g/mol. The summed E-state index contributed by atoms with van der Waals surface area (Å²) in [6.07, 6.45) is 3.88. The third kappa shape index (κ3) is 1.17. The highest BCUT2D eigenvalue weighted by Crippen LogP contribution is 2.53. The minimum Gasteiger partial charge on any atom is -0.481 e. The van der Waals surface area contributed by atoms with Gasteiger partial charge in [0.15, 0.2) is 0 Å². The van der Waals surface area contributed by atoms with Crippen molar-refractivity contribution >= 4 is 24.2 Å². The van der Waals surface area contributed by atoms with Gasteiger partial charge in [0, 0.05) is 17.8 Å². The van der Waals surface area contributed by atoms with Crippen molar-refractivity contribution in [2.75, 3.05) is 0 Å².